The fourth-order valence-corrected chi connectivity index (χ4v) is 26.5. The Bertz CT molecular complexity index is 8100. The molecule has 0 unspecified atom stereocenters. The van der Waals surface area contributed by atoms with Gasteiger partial charge in [0.25, 0.3) is 0 Å². The second kappa shape index (κ2) is 21.9. The van der Waals surface area contributed by atoms with Crippen molar-refractivity contribution in [3.05, 3.63) is 250 Å². The Labute approximate surface area is 702 Å². The Morgan fingerprint density at radius 2 is 0.858 bits per heavy atom. The van der Waals surface area contributed by atoms with Crippen molar-refractivity contribution in [1.29, 1.82) is 0 Å². The third-order valence-corrected chi connectivity index (χ3v) is 33.1. The molecule has 11 heterocycles. The van der Waals surface area contributed by atoms with Crippen LogP contribution in [0.1, 0.15) is 191 Å². The summed E-state index contributed by atoms with van der Waals surface area (Å²) in [7, 11) is 0. The van der Waals surface area contributed by atoms with E-state index in [-0.39, 0.29) is 51.6 Å². The lowest BCUT2D eigenvalue weighted by atomic mass is 9.44. The third-order valence-electron chi connectivity index (χ3n) is 31.9. The average molecular weight is 1580 g/mol. The van der Waals surface area contributed by atoms with Crippen molar-refractivity contribution in [2.75, 3.05) is 9.80 Å². The van der Waals surface area contributed by atoms with Gasteiger partial charge < -0.3 is 26.6 Å². The smallest absolute Gasteiger partial charge is 0.340 e. The molecule has 19 aromatic rings. The number of nitrogens with zero attached hydrogens (tertiary/aromatic N) is 4. The summed E-state index contributed by atoms with van der Waals surface area (Å²) in [5.41, 5.74) is 41.8. The summed E-state index contributed by atoms with van der Waals surface area (Å²) in [6, 6.07) is 75.4. The molecule has 27 rings (SSSR count). The molecule has 11 heteroatoms. The van der Waals surface area contributed by atoms with Gasteiger partial charge in [-0.05, 0) is 252 Å². The number of para-hydroxylation sites is 4. The van der Waals surface area contributed by atoms with Crippen LogP contribution in [0.3, 0.4) is 0 Å². The van der Waals surface area contributed by atoms with Gasteiger partial charge in [-0.25, -0.2) is 0 Å². The number of hydrogen-bond acceptors (Lipinski definition) is 7. The summed E-state index contributed by atoms with van der Waals surface area (Å²) < 4.78 is 38.3. The zero-order valence-corrected chi connectivity index (χ0v) is 72.0. The van der Waals surface area contributed by atoms with E-state index in [1.54, 1.807) is 0 Å². The van der Waals surface area contributed by atoms with Crippen LogP contribution in [0.2, 0.25) is 0 Å². The van der Waals surface area contributed by atoms with Gasteiger partial charge in [0.05, 0.1) is 28.0 Å². The number of anilines is 6. The van der Waals surface area contributed by atoms with Crippen molar-refractivity contribution < 1.29 is 17.7 Å². The predicted octanol–water partition coefficient (Wildman–Crippen LogP) is 27.7. The molecule has 0 bridgehead atoms. The van der Waals surface area contributed by atoms with Gasteiger partial charge in [0.2, 0.25) is 11.8 Å². The summed E-state index contributed by atoms with van der Waals surface area (Å²) in [5, 5.41) is 10.5. The Balaban J connectivity index is 0.684. The Morgan fingerprint density at radius 3 is 1.56 bits per heavy atom. The highest BCUT2D eigenvalue weighted by molar-refractivity contribution is 7.26. The second-order valence-corrected chi connectivity index (χ2v) is 42.8. The van der Waals surface area contributed by atoms with E-state index in [0.29, 0.717) is 0 Å². The van der Waals surface area contributed by atoms with Gasteiger partial charge in [0.1, 0.15) is 22.3 Å². The van der Waals surface area contributed by atoms with Gasteiger partial charge in [-0.3, -0.25) is 9.80 Å². The highest BCUT2D eigenvalue weighted by atomic mass is 32.1. The first-order valence-electron chi connectivity index (χ1n) is 43.9. The average Bonchev–Trinajstić information content (AvgIpc) is 1.47. The number of rotatable bonds is 3. The highest BCUT2D eigenvalue weighted by Gasteiger charge is 2.55. The molecule has 4 aliphatic carbocycles. The number of benzene rings is 12. The van der Waals surface area contributed by atoms with E-state index >= 15 is 0 Å². The maximum Gasteiger partial charge on any atom is 0.340 e. The van der Waals surface area contributed by atoms with Gasteiger partial charge in [-0.15, -0.1) is 11.3 Å². The monoisotopic (exact) mass is 1570 g/mol. The molecule has 12 aromatic carbocycles. The molecule has 0 atom stereocenters. The fourth-order valence-electron chi connectivity index (χ4n) is 25.2. The zero-order chi connectivity index (χ0) is 81.1. The summed E-state index contributed by atoms with van der Waals surface area (Å²) in [4.78, 5) is 5.20. The molecule has 0 radical (unpaired) electrons. The summed E-state index contributed by atoms with van der Waals surface area (Å²) in [5.74, 6) is 1.78. The Kier molecular flexibility index (Phi) is 12.6. The van der Waals surface area contributed by atoms with Crippen LogP contribution in [0.25, 0.3) is 153 Å². The lowest BCUT2D eigenvalue weighted by Crippen LogP contribution is -2.57. The molecule has 0 fully saturated rings. The predicted molar refractivity (Wildman–Crippen MR) is 504 cm³/mol. The first-order valence-corrected chi connectivity index (χ1v) is 44.7. The minimum absolute atomic E-state index is 0.0247. The first kappa shape index (κ1) is 69.2. The topological polar surface area (TPSA) is 68.9 Å². The van der Waals surface area contributed by atoms with E-state index in [4.69, 9.17) is 17.7 Å². The van der Waals surface area contributed by atoms with Crippen LogP contribution in [0.5, 0.6) is 0 Å². The van der Waals surface area contributed by atoms with E-state index in [1.165, 1.54) is 170 Å². The fraction of sp³-hybridized carbons (Fsp3) is 0.266. The van der Waals surface area contributed by atoms with Crippen LogP contribution in [0.4, 0.5) is 34.5 Å². The van der Waals surface area contributed by atoms with Crippen molar-refractivity contribution in [3.8, 4) is 44.5 Å². The third kappa shape index (κ3) is 8.33. The standard InChI is InChI=1S/C109H92B2N4O4S/c1-55-45-73-76(106(9,10)42-39-103(73,3)4)52-79(55)112-81-51-70-60-37-35-58(48-86(60)120-99(70)88-66-30-24-29-65-87-62-26-18-21-33-82(62)117-100(87)115(95(65)66)111(93(81)88)92-71-50-75-78(54-85(71)119-101(92)112)108(13,14)44-41-105(75,7)8)57-36-38-64-84(47-57)116-98-67-31-23-28-61-69-49-68-59-25-17-20-32-72(59)109(15,16)89(68)97-90(69)110(114(94(61)67)96(64)98)91-63-27-19-22-34-83(63)118-102(91)113(97)80-53-77-74(46-56(80)2)104(5,6)40-43-107(77,11)12/h17-38,45-54H,39-44H2,1-16H3. The van der Waals surface area contributed by atoms with Crippen molar-refractivity contribution in [2.24, 2.45) is 0 Å². The maximum atomic E-state index is 7.90. The van der Waals surface area contributed by atoms with Crippen LogP contribution >= 0.6 is 11.3 Å². The molecule has 0 saturated heterocycles. The lowest BCUT2D eigenvalue weighted by molar-refractivity contribution is 0.332. The van der Waals surface area contributed by atoms with Crippen molar-refractivity contribution >= 4 is 189 Å². The van der Waals surface area contributed by atoms with E-state index < -0.39 is 0 Å². The molecular weight excluding hydrogens is 1480 g/mol. The normalized spacial score (nSPS) is 18.4. The number of hydrogen-bond donors (Lipinski definition) is 0. The summed E-state index contributed by atoms with van der Waals surface area (Å²) >= 11 is 1.94. The maximum absolute atomic E-state index is 7.90. The number of fused-ring (bicyclic) bond motifs is 33. The van der Waals surface area contributed by atoms with Crippen LogP contribution in [0.15, 0.2) is 212 Å². The molecule has 0 spiro atoms. The number of aromatic nitrogens is 2. The van der Waals surface area contributed by atoms with Gasteiger partial charge >= 0.3 is 13.7 Å². The SMILES string of the molecule is Cc1cc2c(cc1N1c3cc4c(sc5cc(-c6ccc7c(c6)oc6c8cccc9c8n(c76)B6c7c-9cc8c(c7N(c7cc9c(cc7C)C(C)(C)CCC9(C)C)c7oc9ccccc9c76)C(C)(C)c6ccccc6-8)ccc54)c4c3B(c3c1oc1cc5c(cc31)C(C)(C)CCC5(C)C)n1c3oc5ccccc5c3c3cccc-4c31)C(C)(C)CCC2(C)C. The van der Waals surface area contributed by atoms with E-state index in [9.17, 15) is 0 Å². The largest absolute Gasteiger partial charge is 0.454 e. The molecule has 7 aromatic heterocycles. The summed E-state index contributed by atoms with van der Waals surface area (Å²) in [6.07, 6.45) is 6.75. The van der Waals surface area contributed by atoms with Gasteiger partial charge in [0, 0.05) is 102 Å². The molecule has 0 N–H and O–H groups in total. The number of furan rings is 4. The zero-order valence-electron chi connectivity index (χ0n) is 71.2. The minimum Gasteiger partial charge on any atom is -0.454 e. The first-order chi connectivity index (χ1) is 57.5. The molecule has 0 saturated carbocycles. The molecule has 120 heavy (non-hydrogen) atoms. The highest BCUT2D eigenvalue weighted by Crippen LogP contribution is 2.62. The summed E-state index contributed by atoms with van der Waals surface area (Å²) in [6.45, 7) is 38.5. The number of thiophene rings is 1. The molecule has 584 valence electrons. The van der Waals surface area contributed by atoms with Crippen LogP contribution < -0.4 is 31.7 Å². The number of aryl methyl sites for hydroxylation is 2. The molecular formula is C109H92B2N4O4S. The molecule has 4 aliphatic heterocycles. The minimum atomic E-state index is -0.360. The lowest BCUT2D eigenvalue weighted by Gasteiger charge is -2.44. The molecule has 8 aliphatic rings. The molecule has 0 amide bonds. The van der Waals surface area contributed by atoms with Crippen molar-refractivity contribution in [2.45, 2.75) is 187 Å². The quantitative estimate of drug-likeness (QED) is 0.164. The van der Waals surface area contributed by atoms with Crippen molar-refractivity contribution in [3.63, 3.8) is 0 Å². The Morgan fingerprint density at radius 1 is 0.333 bits per heavy atom. The molecule has 8 nitrogen and oxygen atoms in total. The van der Waals surface area contributed by atoms with Gasteiger partial charge in [-0.1, -0.05) is 218 Å². The van der Waals surface area contributed by atoms with E-state index in [0.717, 1.165) is 133 Å². The second-order valence-electron chi connectivity index (χ2n) is 41.7. The van der Waals surface area contributed by atoms with Gasteiger partial charge in [-0.2, -0.15) is 0 Å². The van der Waals surface area contributed by atoms with E-state index in [1.807, 2.05) is 11.3 Å². The van der Waals surface area contributed by atoms with E-state index in [2.05, 4.69) is 324 Å². The Hall–Kier alpha value is -11.7. The van der Waals surface area contributed by atoms with Crippen molar-refractivity contribution in [1.82, 2.24) is 8.96 Å². The van der Waals surface area contributed by atoms with Gasteiger partial charge in [0.15, 0.2) is 11.3 Å². The van der Waals surface area contributed by atoms with Crippen LogP contribution in [0, 0.1) is 13.8 Å². The van der Waals surface area contributed by atoms with Crippen LogP contribution in [-0.2, 0) is 37.9 Å². The van der Waals surface area contributed by atoms with Crippen LogP contribution in [-0.4, -0.2) is 22.7 Å².